The summed E-state index contributed by atoms with van der Waals surface area (Å²) in [6.07, 6.45) is 0.00241. The molecule has 0 bridgehead atoms. The number of anilines is 3. The van der Waals surface area contributed by atoms with Gasteiger partial charge in [0.1, 0.15) is 0 Å². The fourth-order valence-corrected chi connectivity index (χ4v) is 1.57. The minimum Gasteiger partial charge on any atom is -0.376 e. The SMILES string of the molecule is CN(C)c1nc(NN)nc(NCC2COCCO2)n1. The summed E-state index contributed by atoms with van der Waals surface area (Å²) in [5.41, 5.74) is 2.42. The number of nitrogens with zero attached hydrogens (tertiary/aromatic N) is 4. The first kappa shape index (κ1) is 13.7. The van der Waals surface area contributed by atoms with Crippen LogP contribution in [0.4, 0.5) is 17.8 Å². The van der Waals surface area contributed by atoms with E-state index in [4.69, 9.17) is 15.3 Å². The second kappa shape index (κ2) is 6.45. The van der Waals surface area contributed by atoms with Crippen LogP contribution in [-0.2, 0) is 9.47 Å². The quantitative estimate of drug-likeness (QED) is 0.460. The van der Waals surface area contributed by atoms with Crippen LogP contribution in [0.3, 0.4) is 0 Å². The normalized spacial score (nSPS) is 19.0. The third-order valence-corrected chi connectivity index (χ3v) is 2.53. The molecule has 1 aliphatic rings. The lowest BCUT2D eigenvalue weighted by molar-refractivity contribution is -0.0819. The van der Waals surface area contributed by atoms with Gasteiger partial charge in [0.2, 0.25) is 17.8 Å². The van der Waals surface area contributed by atoms with Gasteiger partial charge in [-0.05, 0) is 0 Å². The van der Waals surface area contributed by atoms with Crippen molar-refractivity contribution in [3.63, 3.8) is 0 Å². The molecular formula is C10H19N7O2. The van der Waals surface area contributed by atoms with Crippen molar-refractivity contribution in [2.75, 3.05) is 56.1 Å². The van der Waals surface area contributed by atoms with Gasteiger partial charge in [-0.2, -0.15) is 15.0 Å². The van der Waals surface area contributed by atoms with Crippen LogP contribution in [0.15, 0.2) is 0 Å². The van der Waals surface area contributed by atoms with E-state index in [2.05, 4.69) is 25.7 Å². The van der Waals surface area contributed by atoms with Crippen LogP contribution >= 0.6 is 0 Å². The molecule has 1 saturated heterocycles. The van der Waals surface area contributed by atoms with E-state index >= 15 is 0 Å². The molecule has 1 aliphatic heterocycles. The van der Waals surface area contributed by atoms with Gasteiger partial charge in [0, 0.05) is 20.6 Å². The van der Waals surface area contributed by atoms with E-state index in [1.54, 1.807) is 4.90 Å². The van der Waals surface area contributed by atoms with E-state index in [0.29, 0.717) is 44.2 Å². The van der Waals surface area contributed by atoms with Gasteiger partial charge >= 0.3 is 0 Å². The topological polar surface area (TPSA) is 110 Å². The molecule has 2 heterocycles. The third kappa shape index (κ3) is 3.88. The Labute approximate surface area is 111 Å². The Morgan fingerprint density at radius 1 is 1.26 bits per heavy atom. The summed E-state index contributed by atoms with van der Waals surface area (Å²) in [7, 11) is 3.69. The molecule has 1 aromatic heterocycles. The van der Waals surface area contributed by atoms with Crippen LogP contribution in [0, 0.1) is 0 Å². The number of nitrogens with two attached hydrogens (primary N) is 1. The smallest absolute Gasteiger partial charge is 0.243 e. The number of nitrogens with one attached hydrogen (secondary N) is 2. The lowest BCUT2D eigenvalue weighted by Crippen LogP contribution is -2.34. The zero-order chi connectivity index (χ0) is 13.7. The Hall–Kier alpha value is -1.71. The van der Waals surface area contributed by atoms with Gasteiger partial charge in [0.25, 0.3) is 0 Å². The van der Waals surface area contributed by atoms with Crippen LogP contribution < -0.4 is 21.5 Å². The molecule has 1 atom stereocenters. The first-order chi connectivity index (χ1) is 9.19. The maximum absolute atomic E-state index is 5.52. The van der Waals surface area contributed by atoms with Crippen molar-refractivity contribution in [3.05, 3.63) is 0 Å². The van der Waals surface area contributed by atoms with Gasteiger partial charge in [-0.3, -0.25) is 5.43 Å². The van der Waals surface area contributed by atoms with Crippen LogP contribution in [0.25, 0.3) is 0 Å². The average Bonchev–Trinajstić information content (AvgIpc) is 2.45. The van der Waals surface area contributed by atoms with Crippen LogP contribution in [-0.4, -0.2) is 61.5 Å². The number of hydrazine groups is 1. The molecule has 106 valence electrons. The predicted molar refractivity (Wildman–Crippen MR) is 71.0 cm³/mol. The highest BCUT2D eigenvalue weighted by Crippen LogP contribution is 2.11. The van der Waals surface area contributed by atoms with Crippen molar-refractivity contribution in [1.29, 1.82) is 0 Å². The minimum absolute atomic E-state index is 0.00241. The molecule has 0 aromatic carbocycles. The number of aromatic nitrogens is 3. The number of hydrogen-bond donors (Lipinski definition) is 3. The molecule has 0 spiro atoms. The molecule has 1 unspecified atom stereocenters. The largest absolute Gasteiger partial charge is 0.376 e. The summed E-state index contributed by atoms with van der Waals surface area (Å²) in [6, 6.07) is 0. The summed E-state index contributed by atoms with van der Waals surface area (Å²) in [4.78, 5) is 14.3. The van der Waals surface area contributed by atoms with Crippen molar-refractivity contribution >= 4 is 17.8 Å². The highest BCUT2D eigenvalue weighted by atomic mass is 16.6. The highest BCUT2D eigenvalue weighted by molar-refractivity contribution is 5.42. The van der Waals surface area contributed by atoms with E-state index < -0.39 is 0 Å². The second-order valence-corrected chi connectivity index (χ2v) is 4.27. The molecule has 0 amide bonds. The summed E-state index contributed by atoms with van der Waals surface area (Å²) < 4.78 is 10.8. The van der Waals surface area contributed by atoms with E-state index in [1.165, 1.54) is 0 Å². The number of ether oxygens (including phenoxy) is 2. The Morgan fingerprint density at radius 2 is 2.05 bits per heavy atom. The van der Waals surface area contributed by atoms with E-state index in [-0.39, 0.29) is 6.10 Å². The van der Waals surface area contributed by atoms with Gasteiger partial charge in [-0.15, -0.1) is 0 Å². The van der Waals surface area contributed by atoms with Crippen LogP contribution in [0.2, 0.25) is 0 Å². The molecule has 9 nitrogen and oxygen atoms in total. The average molecular weight is 269 g/mol. The van der Waals surface area contributed by atoms with Gasteiger partial charge in [0.05, 0.1) is 25.9 Å². The van der Waals surface area contributed by atoms with Gasteiger partial charge < -0.3 is 19.7 Å². The molecule has 4 N–H and O–H groups in total. The van der Waals surface area contributed by atoms with Crippen molar-refractivity contribution < 1.29 is 9.47 Å². The molecule has 1 aromatic rings. The van der Waals surface area contributed by atoms with Crippen molar-refractivity contribution in [3.8, 4) is 0 Å². The molecule has 0 radical (unpaired) electrons. The molecule has 0 aliphatic carbocycles. The standard InChI is InChI=1S/C10H19N7O2/c1-17(2)10-14-8(13-9(15-10)16-11)12-5-7-6-18-3-4-19-7/h7H,3-6,11H2,1-2H3,(H2,12,13,14,15,16). The fourth-order valence-electron chi connectivity index (χ4n) is 1.57. The minimum atomic E-state index is 0.00241. The van der Waals surface area contributed by atoms with Gasteiger partial charge in [-0.1, -0.05) is 0 Å². The zero-order valence-corrected chi connectivity index (χ0v) is 11.1. The van der Waals surface area contributed by atoms with Gasteiger partial charge in [0.15, 0.2) is 0 Å². The Bertz CT molecular complexity index is 409. The molecule has 0 saturated carbocycles. The summed E-state index contributed by atoms with van der Waals surface area (Å²) in [6.45, 7) is 2.40. The Kier molecular flexibility index (Phi) is 4.66. The maximum atomic E-state index is 5.52. The van der Waals surface area contributed by atoms with Gasteiger partial charge in [-0.25, -0.2) is 5.84 Å². The number of nitrogen functional groups attached to an aromatic ring is 1. The fraction of sp³-hybridized carbons (Fsp3) is 0.700. The molecule has 19 heavy (non-hydrogen) atoms. The summed E-state index contributed by atoms with van der Waals surface area (Å²) in [5, 5.41) is 3.09. The van der Waals surface area contributed by atoms with Crippen molar-refractivity contribution in [2.24, 2.45) is 5.84 Å². The highest BCUT2D eigenvalue weighted by Gasteiger charge is 2.15. The maximum Gasteiger partial charge on any atom is 0.243 e. The van der Waals surface area contributed by atoms with E-state index in [0.717, 1.165) is 0 Å². The molecule has 9 heteroatoms. The predicted octanol–water partition coefficient (Wildman–Crippen LogP) is -0.949. The molecular weight excluding hydrogens is 250 g/mol. The summed E-state index contributed by atoms with van der Waals surface area (Å²) in [5.74, 6) is 6.61. The van der Waals surface area contributed by atoms with Crippen molar-refractivity contribution in [1.82, 2.24) is 15.0 Å². The summed E-state index contributed by atoms with van der Waals surface area (Å²) >= 11 is 0. The van der Waals surface area contributed by atoms with Crippen LogP contribution in [0.5, 0.6) is 0 Å². The lowest BCUT2D eigenvalue weighted by atomic mass is 10.3. The van der Waals surface area contributed by atoms with E-state index in [1.807, 2.05) is 14.1 Å². The molecule has 2 rings (SSSR count). The first-order valence-corrected chi connectivity index (χ1v) is 6.02. The molecule has 1 fully saturated rings. The first-order valence-electron chi connectivity index (χ1n) is 6.02. The van der Waals surface area contributed by atoms with Crippen molar-refractivity contribution in [2.45, 2.75) is 6.10 Å². The number of hydrogen-bond acceptors (Lipinski definition) is 9. The zero-order valence-electron chi connectivity index (χ0n) is 11.1. The Morgan fingerprint density at radius 3 is 2.68 bits per heavy atom. The lowest BCUT2D eigenvalue weighted by Gasteiger charge is -2.23. The number of rotatable bonds is 5. The second-order valence-electron chi connectivity index (χ2n) is 4.27. The van der Waals surface area contributed by atoms with E-state index in [9.17, 15) is 0 Å². The monoisotopic (exact) mass is 269 g/mol. The Balaban J connectivity index is 2.00. The van der Waals surface area contributed by atoms with Crippen LogP contribution in [0.1, 0.15) is 0 Å². The third-order valence-electron chi connectivity index (χ3n) is 2.53.